The maximum Gasteiger partial charge on any atom is 0.248 e. The summed E-state index contributed by atoms with van der Waals surface area (Å²) in [5, 5.41) is 18.7. The fourth-order valence-corrected chi connectivity index (χ4v) is 1.66. The van der Waals surface area contributed by atoms with E-state index in [1.807, 2.05) is 12.1 Å². The monoisotopic (exact) mass is 245 g/mol. The highest BCUT2D eigenvalue weighted by atomic mass is 32.1. The van der Waals surface area contributed by atoms with Crippen LogP contribution in [-0.2, 0) is 4.79 Å². The van der Waals surface area contributed by atoms with Crippen molar-refractivity contribution in [2.24, 2.45) is 0 Å². The van der Waals surface area contributed by atoms with Gasteiger partial charge in [-0.15, -0.1) is 0 Å². The first-order valence-electron chi connectivity index (χ1n) is 4.71. The van der Waals surface area contributed by atoms with E-state index in [0.717, 1.165) is 11.5 Å². The summed E-state index contributed by atoms with van der Waals surface area (Å²) in [4.78, 5) is 11.8. The van der Waals surface area contributed by atoms with Crippen LogP contribution in [0.15, 0.2) is 30.3 Å². The van der Waals surface area contributed by atoms with E-state index >= 15 is 0 Å². The molecule has 1 amide bonds. The van der Waals surface area contributed by atoms with E-state index in [4.69, 9.17) is 5.26 Å². The number of nitrogens with one attached hydrogen (secondary N) is 1. The third kappa shape index (κ3) is 2.62. The summed E-state index contributed by atoms with van der Waals surface area (Å²) >= 11 is 0.961. The Morgan fingerprint density at radius 1 is 1.41 bits per heavy atom. The number of amides is 1. The minimum absolute atomic E-state index is 0.284. The molecule has 2 aromatic rings. The summed E-state index contributed by atoms with van der Waals surface area (Å²) in [5.41, 5.74) is 0.643. The average molecular weight is 245 g/mol. The summed E-state index contributed by atoms with van der Waals surface area (Å²) in [5.74, 6) is -1.29. The minimum atomic E-state index is -0.861. The highest BCUT2D eigenvalue weighted by molar-refractivity contribution is 7.09. The van der Waals surface area contributed by atoms with Gasteiger partial charge in [0.1, 0.15) is 0 Å². The molecule has 1 N–H and O–H groups in total. The molecule has 84 valence electrons. The van der Waals surface area contributed by atoms with Gasteiger partial charge >= 0.3 is 0 Å². The lowest BCUT2D eigenvalue weighted by molar-refractivity contribution is -0.116. The van der Waals surface area contributed by atoms with Crippen molar-refractivity contribution >= 4 is 22.6 Å². The molecule has 0 spiro atoms. The van der Waals surface area contributed by atoms with E-state index < -0.39 is 11.8 Å². The second kappa shape index (κ2) is 5.14. The molecule has 0 fully saturated rings. The van der Waals surface area contributed by atoms with Gasteiger partial charge in [0, 0.05) is 11.5 Å². The van der Waals surface area contributed by atoms with E-state index in [1.54, 1.807) is 24.3 Å². The molecule has 6 nitrogen and oxygen atoms in total. The molecule has 1 aromatic heterocycles. The topological polar surface area (TPSA) is 91.6 Å². The Kier molecular flexibility index (Phi) is 3.37. The van der Waals surface area contributed by atoms with E-state index in [1.165, 1.54) is 0 Å². The van der Waals surface area contributed by atoms with Gasteiger partial charge in [-0.25, -0.2) is 0 Å². The van der Waals surface area contributed by atoms with Crippen molar-refractivity contribution in [1.82, 2.24) is 14.8 Å². The van der Waals surface area contributed by atoms with Crippen molar-refractivity contribution in [2.75, 3.05) is 5.32 Å². The molecule has 0 radical (unpaired) electrons. The van der Waals surface area contributed by atoms with Crippen molar-refractivity contribution in [2.45, 2.75) is 5.92 Å². The Bertz CT molecular complexity index is 534. The largest absolute Gasteiger partial charge is 0.298 e. The zero-order chi connectivity index (χ0) is 12.1. The number of anilines is 1. The highest BCUT2D eigenvalue weighted by Crippen LogP contribution is 2.17. The first kappa shape index (κ1) is 11.2. The number of benzene rings is 1. The SMILES string of the molecule is N#CC(C(=O)Nc1nnns1)c1ccccc1. The lowest BCUT2D eigenvalue weighted by Gasteiger charge is -2.07. The molecule has 0 saturated carbocycles. The number of hydrogen-bond acceptors (Lipinski definition) is 6. The van der Waals surface area contributed by atoms with E-state index in [2.05, 4.69) is 20.1 Å². The van der Waals surface area contributed by atoms with Crippen LogP contribution in [0.3, 0.4) is 0 Å². The van der Waals surface area contributed by atoms with E-state index in [0.29, 0.717) is 5.56 Å². The summed E-state index contributed by atoms with van der Waals surface area (Å²) in [6.45, 7) is 0. The molecule has 1 unspecified atom stereocenters. The van der Waals surface area contributed by atoms with Gasteiger partial charge in [0.2, 0.25) is 11.0 Å². The van der Waals surface area contributed by atoms with Gasteiger partial charge in [0.15, 0.2) is 5.92 Å². The Hall–Kier alpha value is -2.33. The van der Waals surface area contributed by atoms with Crippen LogP contribution in [-0.4, -0.2) is 20.7 Å². The van der Waals surface area contributed by atoms with Gasteiger partial charge in [-0.3, -0.25) is 10.1 Å². The highest BCUT2D eigenvalue weighted by Gasteiger charge is 2.20. The van der Waals surface area contributed by atoms with Gasteiger partial charge in [0.25, 0.3) is 0 Å². The van der Waals surface area contributed by atoms with Crippen LogP contribution in [0.1, 0.15) is 11.5 Å². The molecule has 0 aliphatic heterocycles. The molecule has 0 saturated heterocycles. The maximum atomic E-state index is 11.8. The van der Waals surface area contributed by atoms with Crippen LogP contribution in [0.4, 0.5) is 5.13 Å². The van der Waals surface area contributed by atoms with Crippen LogP contribution < -0.4 is 5.32 Å². The number of carbonyl (C=O) groups excluding carboxylic acids is 1. The number of carbonyl (C=O) groups is 1. The van der Waals surface area contributed by atoms with Gasteiger partial charge < -0.3 is 0 Å². The fraction of sp³-hybridized carbons (Fsp3) is 0.100. The molecular formula is C10H7N5OS. The zero-order valence-electron chi connectivity index (χ0n) is 8.57. The molecule has 1 aromatic carbocycles. The molecular weight excluding hydrogens is 238 g/mol. The van der Waals surface area contributed by atoms with Crippen molar-refractivity contribution in [3.05, 3.63) is 35.9 Å². The first-order valence-corrected chi connectivity index (χ1v) is 5.49. The number of aromatic nitrogens is 3. The smallest absolute Gasteiger partial charge is 0.248 e. The lowest BCUT2D eigenvalue weighted by atomic mass is 10.0. The Labute approximate surface area is 101 Å². The molecule has 17 heavy (non-hydrogen) atoms. The quantitative estimate of drug-likeness (QED) is 0.876. The van der Waals surface area contributed by atoms with E-state index in [9.17, 15) is 4.79 Å². The predicted molar refractivity (Wildman–Crippen MR) is 61.1 cm³/mol. The standard InChI is InChI=1S/C10H7N5OS/c11-6-8(7-4-2-1-3-5-7)9(16)12-10-13-14-15-17-10/h1-5,8H,(H,12,13,15,16). The summed E-state index contributed by atoms with van der Waals surface area (Å²) in [6.07, 6.45) is 0. The summed E-state index contributed by atoms with van der Waals surface area (Å²) < 4.78 is 3.52. The minimum Gasteiger partial charge on any atom is -0.298 e. The molecule has 0 bridgehead atoms. The molecule has 2 rings (SSSR count). The molecule has 7 heteroatoms. The summed E-state index contributed by atoms with van der Waals surface area (Å²) in [6, 6.07) is 10.8. The maximum absolute atomic E-state index is 11.8. The number of nitriles is 1. The van der Waals surface area contributed by atoms with Gasteiger partial charge in [-0.05, 0) is 10.8 Å². The molecule has 0 aliphatic rings. The predicted octanol–water partition coefficient (Wildman–Crippen LogP) is 1.18. The van der Waals surface area contributed by atoms with Crippen molar-refractivity contribution in [3.8, 4) is 6.07 Å². The Morgan fingerprint density at radius 3 is 2.76 bits per heavy atom. The number of hydrogen-bond donors (Lipinski definition) is 1. The van der Waals surface area contributed by atoms with Crippen molar-refractivity contribution in [3.63, 3.8) is 0 Å². The van der Waals surface area contributed by atoms with Gasteiger partial charge in [-0.2, -0.15) is 5.26 Å². The number of rotatable bonds is 3. The molecule has 0 aliphatic carbocycles. The Balaban J connectivity index is 2.15. The average Bonchev–Trinajstić information content (AvgIpc) is 2.84. The van der Waals surface area contributed by atoms with Crippen molar-refractivity contribution < 1.29 is 4.79 Å². The van der Waals surface area contributed by atoms with Crippen molar-refractivity contribution in [1.29, 1.82) is 5.26 Å². The second-order valence-electron chi connectivity index (χ2n) is 3.13. The summed E-state index contributed by atoms with van der Waals surface area (Å²) in [7, 11) is 0. The molecule has 1 atom stereocenters. The van der Waals surface area contributed by atoms with Crippen LogP contribution in [0, 0.1) is 11.3 Å². The third-order valence-corrected chi connectivity index (χ3v) is 2.57. The second-order valence-corrected chi connectivity index (χ2v) is 3.86. The van der Waals surface area contributed by atoms with Crippen LogP contribution >= 0.6 is 11.5 Å². The van der Waals surface area contributed by atoms with E-state index in [-0.39, 0.29) is 5.13 Å². The molecule has 1 heterocycles. The number of nitrogens with zero attached hydrogens (tertiary/aromatic N) is 4. The Morgan fingerprint density at radius 2 is 2.18 bits per heavy atom. The van der Waals surface area contributed by atoms with Gasteiger partial charge in [-0.1, -0.05) is 39.9 Å². The van der Waals surface area contributed by atoms with Crippen LogP contribution in [0.5, 0.6) is 0 Å². The fourth-order valence-electron chi connectivity index (χ4n) is 1.29. The van der Waals surface area contributed by atoms with Gasteiger partial charge in [0.05, 0.1) is 6.07 Å². The zero-order valence-corrected chi connectivity index (χ0v) is 9.39. The normalized spacial score (nSPS) is 11.5. The lowest BCUT2D eigenvalue weighted by Crippen LogP contribution is -2.19. The third-order valence-electron chi connectivity index (χ3n) is 2.05. The van der Waals surface area contributed by atoms with Crippen LogP contribution in [0.25, 0.3) is 0 Å². The first-order chi connectivity index (χ1) is 8.31. The van der Waals surface area contributed by atoms with Crippen LogP contribution in [0.2, 0.25) is 0 Å².